The first-order valence-electron chi connectivity index (χ1n) is 5.07. The topological polar surface area (TPSA) is 58.7 Å². The highest BCUT2D eigenvalue weighted by Gasteiger charge is 2.29. The van der Waals surface area contributed by atoms with Gasteiger partial charge in [-0.05, 0) is 18.6 Å². The Morgan fingerprint density at radius 2 is 2.40 bits per heavy atom. The molecule has 0 aliphatic carbocycles. The number of hydrogen-bond acceptors (Lipinski definition) is 4. The normalized spacial score (nSPS) is 20.1. The van der Waals surface area contributed by atoms with Gasteiger partial charge in [-0.2, -0.15) is 0 Å². The van der Waals surface area contributed by atoms with Crippen LogP contribution in [0.2, 0.25) is 0 Å². The van der Waals surface area contributed by atoms with Crippen LogP contribution in [0.4, 0.5) is 11.4 Å². The molecular weight excluding hydrogens is 192 g/mol. The smallest absolute Gasteiger partial charge is 0.140 e. The van der Waals surface area contributed by atoms with E-state index in [0.717, 1.165) is 18.7 Å². The molecule has 0 spiro atoms. The molecule has 3 N–H and O–H groups in total. The highest BCUT2D eigenvalue weighted by molar-refractivity contribution is 5.74. The van der Waals surface area contributed by atoms with Crippen LogP contribution in [0.5, 0.6) is 5.75 Å². The molecule has 0 bridgehead atoms. The lowest BCUT2D eigenvalue weighted by atomic mass is 10.0. The van der Waals surface area contributed by atoms with E-state index in [2.05, 4.69) is 4.90 Å². The van der Waals surface area contributed by atoms with E-state index in [9.17, 15) is 5.11 Å². The fourth-order valence-electron chi connectivity index (χ4n) is 1.92. The minimum absolute atomic E-state index is 0.149. The maximum atomic E-state index is 9.50. The Balaban J connectivity index is 2.19. The van der Waals surface area contributed by atoms with Crippen molar-refractivity contribution >= 4 is 11.4 Å². The summed E-state index contributed by atoms with van der Waals surface area (Å²) < 4.78 is 5.12. The molecule has 1 aliphatic rings. The van der Waals surface area contributed by atoms with E-state index < -0.39 is 0 Å². The Morgan fingerprint density at radius 1 is 1.60 bits per heavy atom. The number of phenols is 1. The van der Waals surface area contributed by atoms with Gasteiger partial charge >= 0.3 is 0 Å². The second kappa shape index (κ2) is 3.98. The average Bonchev–Trinajstić information content (AvgIpc) is 2.20. The third kappa shape index (κ3) is 1.72. The molecule has 1 atom stereocenters. The maximum Gasteiger partial charge on any atom is 0.140 e. The summed E-state index contributed by atoms with van der Waals surface area (Å²) in [6, 6.07) is 5.73. The van der Waals surface area contributed by atoms with E-state index in [4.69, 9.17) is 10.5 Å². The van der Waals surface area contributed by atoms with E-state index in [1.165, 1.54) is 0 Å². The first-order valence-corrected chi connectivity index (χ1v) is 5.07. The fraction of sp³-hybridized carbons (Fsp3) is 0.455. The predicted molar refractivity (Wildman–Crippen MR) is 60.1 cm³/mol. The SMILES string of the molecule is COCC1CCN1c1cccc(O)c1N. The van der Waals surface area contributed by atoms with Crippen LogP contribution in [0.1, 0.15) is 6.42 Å². The predicted octanol–water partition coefficient (Wildman–Crippen LogP) is 1.20. The van der Waals surface area contributed by atoms with E-state index in [0.29, 0.717) is 18.3 Å². The molecule has 0 amide bonds. The monoisotopic (exact) mass is 208 g/mol. The number of hydrogen-bond donors (Lipinski definition) is 2. The third-order valence-corrected chi connectivity index (χ3v) is 2.87. The second-order valence-corrected chi connectivity index (χ2v) is 3.80. The molecular formula is C11H16N2O2. The van der Waals surface area contributed by atoms with Gasteiger partial charge in [-0.15, -0.1) is 0 Å². The minimum Gasteiger partial charge on any atom is -0.506 e. The minimum atomic E-state index is 0.149. The summed E-state index contributed by atoms with van der Waals surface area (Å²) in [5.74, 6) is 0.149. The molecule has 1 heterocycles. The van der Waals surface area contributed by atoms with Crippen LogP contribution in [-0.4, -0.2) is 31.4 Å². The van der Waals surface area contributed by atoms with Crippen molar-refractivity contribution in [1.29, 1.82) is 0 Å². The molecule has 2 rings (SSSR count). The molecule has 4 heteroatoms. The van der Waals surface area contributed by atoms with Crippen molar-refractivity contribution in [3.8, 4) is 5.75 Å². The molecule has 0 radical (unpaired) electrons. The van der Waals surface area contributed by atoms with Gasteiger partial charge in [-0.1, -0.05) is 6.07 Å². The van der Waals surface area contributed by atoms with Crippen molar-refractivity contribution in [3.63, 3.8) is 0 Å². The van der Waals surface area contributed by atoms with E-state index >= 15 is 0 Å². The van der Waals surface area contributed by atoms with E-state index in [-0.39, 0.29) is 5.75 Å². The van der Waals surface area contributed by atoms with Crippen LogP contribution < -0.4 is 10.6 Å². The molecule has 1 aromatic carbocycles. The average molecular weight is 208 g/mol. The molecule has 1 aromatic rings. The Kier molecular flexibility index (Phi) is 2.68. The number of methoxy groups -OCH3 is 1. The van der Waals surface area contributed by atoms with Gasteiger partial charge in [0, 0.05) is 13.7 Å². The number of aromatic hydroxyl groups is 1. The highest BCUT2D eigenvalue weighted by Crippen LogP contribution is 2.36. The number of rotatable bonds is 3. The number of nitrogens with two attached hydrogens (primary N) is 1. The molecule has 4 nitrogen and oxygen atoms in total. The van der Waals surface area contributed by atoms with Crippen LogP contribution in [0.25, 0.3) is 0 Å². The highest BCUT2D eigenvalue weighted by atomic mass is 16.5. The fourth-order valence-corrected chi connectivity index (χ4v) is 1.92. The quantitative estimate of drug-likeness (QED) is 0.579. The number of para-hydroxylation sites is 1. The number of nitrogen functional groups attached to an aromatic ring is 1. The molecule has 1 saturated heterocycles. The molecule has 0 aromatic heterocycles. The number of benzene rings is 1. The Bertz CT molecular complexity index is 354. The van der Waals surface area contributed by atoms with E-state index in [1.807, 2.05) is 12.1 Å². The number of ether oxygens (including phenoxy) is 1. The van der Waals surface area contributed by atoms with Crippen molar-refractivity contribution in [2.24, 2.45) is 0 Å². The summed E-state index contributed by atoms with van der Waals surface area (Å²) in [5, 5.41) is 9.50. The first kappa shape index (κ1) is 10.1. The summed E-state index contributed by atoms with van der Waals surface area (Å²) in [7, 11) is 1.70. The summed E-state index contributed by atoms with van der Waals surface area (Å²) >= 11 is 0. The first-order chi connectivity index (χ1) is 7.24. The second-order valence-electron chi connectivity index (χ2n) is 3.80. The summed E-state index contributed by atoms with van der Waals surface area (Å²) in [6.07, 6.45) is 1.11. The molecule has 1 aliphatic heterocycles. The van der Waals surface area contributed by atoms with Crippen molar-refractivity contribution < 1.29 is 9.84 Å². The Morgan fingerprint density at radius 3 is 3.00 bits per heavy atom. The molecule has 0 saturated carbocycles. The standard InChI is InChI=1S/C11H16N2O2/c1-15-7-8-5-6-13(8)9-3-2-4-10(14)11(9)12/h2-4,8,14H,5-7,12H2,1H3. The van der Waals surface area contributed by atoms with Crippen LogP contribution in [0.3, 0.4) is 0 Å². The Hall–Kier alpha value is -1.42. The zero-order valence-corrected chi connectivity index (χ0v) is 8.81. The van der Waals surface area contributed by atoms with Crippen molar-refractivity contribution in [1.82, 2.24) is 0 Å². The zero-order chi connectivity index (χ0) is 10.8. The van der Waals surface area contributed by atoms with Gasteiger partial charge in [0.15, 0.2) is 0 Å². The lowest BCUT2D eigenvalue weighted by Gasteiger charge is -2.43. The third-order valence-electron chi connectivity index (χ3n) is 2.87. The van der Waals surface area contributed by atoms with Crippen molar-refractivity contribution in [2.75, 3.05) is 30.9 Å². The Labute approximate surface area is 89.3 Å². The summed E-state index contributed by atoms with van der Waals surface area (Å²) in [6.45, 7) is 1.68. The summed E-state index contributed by atoms with van der Waals surface area (Å²) in [4.78, 5) is 2.17. The number of anilines is 2. The molecule has 15 heavy (non-hydrogen) atoms. The van der Waals surface area contributed by atoms with Gasteiger partial charge < -0.3 is 20.5 Å². The van der Waals surface area contributed by atoms with Crippen LogP contribution in [0, 0.1) is 0 Å². The van der Waals surface area contributed by atoms with Gasteiger partial charge in [-0.3, -0.25) is 0 Å². The maximum absolute atomic E-state index is 9.50. The zero-order valence-electron chi connectivity index (χ0n) is 8.81. The van der Waals surface area contributed by atoms with Crippen LogP contribution in [0.15, 0.2) is 18.2 Å². The van der Waals surface area contributed by atoms with Gasteiger partial charge in [0.25, 0.3) is 0 Å². The number of nitrogens with zero attached hydrogens (tertiary/aromatic N) is 1. The van der Waals surface area contributed by atoms with Crippen LogP contribution in [-0.2, 0) is 4.74 Å². The van der Waals surface area contributed by atoms with Crippen LogP contribution >= 0.6 is 0 Å². The largest absolute Gasteiger partial charge is 0.506 e. The molecule has 1 fully saturated rings. The van der Waals surface area contributed by atoms with Gasteiger partial charge in [-0.25, -0.2) is 0 Å². The molecule has 1 unspecified atom stereocenters. The molecule has 82 valence electrons. The van der Waals surface area contributed by atoms with E-state index in [1.54, 1.807) is 13.2 Å². The van der Waals surface area contributed by atoms with Gasteiger partial charge in [0.2, 0.25) is 0 Å². The number of phenolic OH excluding ortho intramolecular Hbond substituents is 1. The summed E-state index contributed by atoms with van der Waals surface area (Å²) in [5.41, 5.74) is 7.18. The van der Waals surface area contributed by atoms with Crippen molar-refractivity contribution in [2.45, 2.75) is 12.5 Å². The van der Waals surface area contributed by atoms with Gasteiger partial charge in [0.05, 0.1) is 24.0 Å². The lowest BCUT2D eigenvalue weighted by Crippen LogP contribution is -2.50. The lowest BCUT2D eigenvalue weighted by molar-refractivity contribution is 0.157. The van der Waals surface area contributed by atoms with Gasteiger partial charge in [0.1, 0.15) is 5.75 Å². The van der Waals surface area contributed by atoms with Crippen molar-refractivity contribution in [3.05, 3.63) is 18.2 Å².